The molecule has 3 N–H and O–H groups in total. The van der Waals surface area contributed by atoms with Gasteiger partial charge < -0.3 is 5.32 Å². The van der Waals surface area contributed by atoms with Gasteiger partial charge in [0.05, 0.1) is 11.3 Å². The fourth-order valence-electron chi connectivity index (χ4n) is 3.11. The maximum absolute atomic E-state index is 12.2. The SMILES string of the molecule is Cc1ccc(NC(=O)Cc2ccc3c(c2)CCC3)cc1S(N)(=O)=O. The van der Waals surface area contributed by atoms with Crippen molar-refractivity contribution in [2.24, 2.45) is 5.14 Å². The molecule has 1 aliphatic rings. The van der Waals surface area contributed by atoms with E-state index in [0.717, 1.165) is 18.4 Å². The minimum Gasteiger partial charge on any atom is -0.326 e. The van der Waals surface area contributed by atoms with Crippen LogP contribution in [0.25, 0.3) is 0 Å². The fourth-order valence-corrected chi connectivity index (χ4v) is 3.92. The standard InChI is InChI=1S/C18H20N2O3S/c1-12-5-8-16(11-17(12)24(19,22)23)20-18(21)10-13-6-7-14-3-2-4-15(14)9-13/h5-9,11H,2-4,10H2,1H3,(H,20,21)(H2,19,22,23). The van der Waals surface area contributed by atoms with Gasteiger partial charge in [-0.25, -0.2) is 13.6 Å². The second-order valence-electron chi connectivity index (χ2n) is 6.21. The minimum absolute atomic E-state index is 0.0258. The molecule has 5 nitrogen and oxygen atoms in total. The van der Waals surface area contributed by atoms with E-state index in [9.17, 15) is 13.2 Å². The number of aryl methyl sites for hydroxylation is 3. The fraction of sp³-hybridized carbons (Fsp3) is 0.278. The second-order valence-corrected chi connectivity index (χ2v) is 7.74. The van der Waals surface area contributed by atoms with E-state index in [0.29, 0.717) is 11.3 Å². The molecule has 0 heterocycles. The van der Waals surface area contributed by atoms with Crippen molar-refractivity contribution in [1.29, 1.82) is 0 Å². The topological polar surface area (TPSA) is 89.3 Å². The molecule has 0 atom stereocenters. The molecule has 126 valence electrons. The van der Waals surface area contributed by atoms with Crippen molar-refractivity contribution < 1.29 is 13.2 Å². The van der Waals surface area contributed by atoms with Gasteiger partial charge in [0.2, 0.25) is 15.9 Å². The number of carbonyl (C=O) groups is 1. The summed E-state index contributed by atoms with van der Waals surface area (Å²) in [6.45, 7) is 1.66. The molecular weight excluding hydrogens is 324 g/mol. The Morgan fingerprint density at radius 3 is 2.62 bits per heavy atom. The third-order valence-electron chi connectivity index (χ3n) is 4.31. The predicted octanol–water partition coefficient (Wildman–Crippen LogP) is 2.31. The van der Waals surface area contributed by atoms with Crippen LogP contribution < -0.4 is 10.5 Å². The Labute approximate surface area is 141 Å². The average Bonchev–Trinajstić information content (AvgIpc) is 2.95. The summed E-state index contributed by atoms with van der Waals surface area (Å²) in [4.78, 5) is 12.3. The molecule has 3 rings (SSSR count). The first-order valence-electron chi connectivity index (χ1n) is 7.87. The van der Waals surface area contributed by atoms with Gasteiger partial charge >= 0.3 is 0 Å². The number of anilines is 1. The highest BCUT2D eigenvalue weighted by Gasteiger charge is 2.15. The van der Waals surface area contributed by atoms with Crippen LogP contribution in [0.15, 0.2) is 41.3 Å². The van der Waals surface area contributed by atoms with Crippen LogP contribution in [0.2, 0.25) is 0 Å². The molecule has 2 aromatic carbocycles. The summed E-state index contributed by atoms with van der Waals surface area (Å²) in [5.41, 5.74) is 4.64. The number of carbonyl (C=O) groups excluding carboxylic acids is 1. The van der Waals surface area contributed by atoms with E-state index < -0.39 is 10.0 Å². The third-order valence-corrected chi connectivity index (χ3v) is 5.36. The highest BCUT2D eigenvalue weighted by atomic mass is 32.2. The van der Waals surface area contributed by atoms with Gasteiger partial charge in [-0.2, -0.15) is 0 Å². The zero-order valence-corrected chi connectivity index (χ0v) is 14.3. The first kappa shape index (κ1) is 16.7. The number of hydrogen-bond acceptors (Lipinski definition) is 3. The van der Waals surface area contributed by atoms with Crippen LogP contribution >= 0.6 is 0 Å². The van der Waals surface area contributed by atoms with Crippen molar-refractivity contribution >= 4 is 21.6 Å². The monoisotopic (exact) mass is 344 g/mol. The maximum atomic E-state index is 12.2. The Bertz CT molecular complexity index is 904. The van der Waals surface area contributed by atoms with E-state index in [1.165, 1.54) is 23.6 Å². The zero-order valence-electron chi connectivity index (χ0n) is 13.5. The van der Waals surface area contributed by atoms with Gasteiger partial charge in [-0.3, -0.25) is 4.79 Å². The molecule has 1 amide bonds. The molecule has 0 bridgehead atoms. The molecule has 6 heteroatoms. The lowest BCUT2D eigenvalue weighted by molar-refractivity contribution is -0.115. The highest BCUT2D eigenvalue weighted by Crippen LogP contribution is 2.23. The van der Waals surface area contributed by atoms with Gasteiger partial charge in [0, 0.05) is 5.69 Å². The number of amides is 1. The minimum atomic E-state index is -3.81. The summed E-state index contributed by atoms with van der Waals surface area (Å²) in [5, 5.41) is 7.93. The summed E-state index contributed by atoms with van der Waals surface area (Å²) in [7, 11) is -3.81. The summed E-state index contributed by atoms with van der Waals surface area (Å²) < 4.78 is 23.1. The van der Waals surface area contributed by atoms with E-state index in [2.05, 4.69) is 17.4 Å². The molecule has 1 aliphatic carbocycles. The second kappa shape index (κ2) is 6.37. The highest BCUT2D eigenvalue weighted by molar-refractivity contribution is 7.89. The molecule has 0 spiro atoms. The molecule has 0 radical (unpaired) electrons. The van der Waals surface area contributed by atoms with Crippen LogP contribution in [0, 0.1) is 6.92 Å². The van der Waals surface area contributed by atoms with Crippen LogP contribution in [0.5, 0.6) is 0 Å². The number of sulfonamides is 1. The Balaban J connectivity index is 1.73. The third kappa shape index (κ3) is 3.66. The van der Waals surface area contributed by atoms with Crippen LogP contribution in [-0.4, -0.2) is 14.3 Å². The first-order chi connectivity index (χ1) is 11.3. The molecule has 0 aromatic heterocycles. The largest absolute Gasteiger partial charge is 0.326 e. The van der Waals surface area contributed by atoms with E-state index in [-0.39, 0.29) is 17.2 Å². The van der Waals surface area contributed by atoms with Gasteiger partial charge in [0.1, 0.15) is 0 Å². The lowest BCUT2D eigenvalue weighted by atomic mass is 10.0. The molecular formula is C18H20N2O3S. The number of nitrogens with one attached hydrogen (secondary N) is 1. The van der Waals surface area contributed by atoms with Crippen molar-refractivity contribution in [1.82, 2.24) is 0 Å². The van der Waals surface area contributed by atoms with Crippen molar-refractivity contribution in [3.05, 3.63) is 58.7 Å². The van der Waals surface area contributed by atoms with Crippen LogP contribution in [-0.2, 0) is 34.1 Å². The van der Waals surface area contributed by atoms with Crippen molar-refractivity contribution in [2.45, 2.75) is 37.5 Å². The smallest absolute Gasteiger partial charge is 0.238 e. The van der Waals surface area contributed by atoms with E-state index in [1.54, 1.807) is 19.1 Å². The molecule has 0 fully saturated rings. The van der Waals surface area contributed by atoms with Gasteiger partial charge in [-0.1, -0.05) is 24.3 Å². The zero-order chi connectivity index (χ0) is 17.3. The normalized spacial score (nSPS) is 13.6. The molecule has 0 saturated carbocycles. The van der Waals surface area contributed by atoms with E-state index >= 15 is 0 Å². The Kier molecular flexibility index (Phi) is 4.43. The number of primary sulfonamides is 1. The van der Waals surface area contributed by atoms with Gasteiger partial charge in [0.15, 0.2) is 0 Å². The van der Waals surface area contributed by atoms with Gasteiger partial charge in [0.25, 0.3) is 0 Å². The summed E-state index contributed by atoms with van der Waals surface area (Å²) in [6, 6.07) is 10.9. The first-order valence-corrected chi connectivity index (χ1v) is 9.41. The maximum Gasteiger partial charge on any atom is 0.238 e. The summed E-state index contributed by atoms with van der Waals surface area (Å²) in [6.07, 6.45) is 3.61. The van der Waals surface area contributed by atoms with E-state index in [4.69, 9.17) is 5.14 Å². The van der Waals surface area contributed by atoms with Gasteiger partial charge in [-0.05, 0) is 60.6 Å². The number of nitrogens with two attached hydrogens (primary N) is 1. The molecule has 0 saturated heterocycles. The van der Waals surface area contributed by atoms with Gasteiger partial charge in [-0.15, -0.1) is 0 Å². The molecule has 2 aromatic rings. The summed E-state index contributed by atoms with van der Waals surface area (Å²) in [5.74, 6) is -0.183. The molecule has 0 unspecified atom stereocenters. The Morgan fingerprint density at radius 2 is 1.88 bits per heavy atom. The number of benzene rings is 2. The number of fused-ring (bicyclic) bond motifs is 1. The lowest BCUT2D eigenvalue weighted by Gasteiger charge is -2.10. The lowest BCUT2D eigenvalue weighted by Crippen LogP contribution is -2.17. The number of hydrogen-bond donors (Lipinski definition) is 2. The summed E-state index contributed by atoms with van der Waals surface area (Å²) >= 11 is 0. The van der Waals surface area contributed by atoms with Crippen LogP contribution in [0.3, 0.4) is 0 Å². The molecule has 0 aliphatic heterocycles. The predicted molar refractivity (Wildman–Crippen MR) is 93.4 cm³/mol. The Hall–Kier alpha value is -2.18. The van der Waals surface area contributed by atoms with Crippen LogP contribution in [0.4, 0.5) is 5.69 Å². The van der Waals surface area contributed by atoms with Crippen LogP contribution in [0.1, 0.15) is 28.7 Å². The number of rotatable bonds is 4. The molecule has 24 heavy (non-hydrogen) atoms. The quantitative estimate of drug-likeness (QED) is 0.892. The van der Waals surface area contributed by atoms with E-state index in [1.807, 2.05) is 6.07 Å². The van der Waals surface area contributed by atoms with Crippen molar-refractivity contribution in [3.8, 4) is 0 Å². The van der Waals surface area contributed by atoms with Crippen molar-refractivity contribution in [2.75, 3.05) is 5.32 Å². The van der Waals surface area contributed by atoms with Crippen molar-refractivity contribution in [3.63, 3.8) is 0 Å². The Morgan fingerprint density at radius 1 is 1.12 bits per heavy atom. The average molecular weight is 344 g/mol.